The first-order chi connectivity index (χ1) is 4.91. The van der Waals surface area contributed by atoms with E-state index in [-0.39, 0.29) is 4.75 Å². The molecule has 1 rings (SSSR count). The van der Waals surface area contributed by atoms with Gasteiger partial charge in [0.2, 0.25) is 0 Å². The summed E-state index contributed by atoms with van der Waals surface area (Å²) in [7, 11) is 0. The molecule has 0 aromatic heterocycles. The van der Waals surface area contributed by atoms with Crippen molar-refractivity contribution in [3.63, 3.8) is 0 Å². The van der Waals surface area contributed by atoms with Crippen LogP contribution < -0.4 is 10.8 Å². The van der Waals surface area contributed by atoms with Crippen LogP contribution in [-0.2, 0) is 0 Å². The van der Waals surface area contributed by atoms with Gasteiger partial charge in [-0.3, -0.25) is 0 Å². The van der Waals surface area contributed by atoms with Gasteiger partial charge in [-0.2, -0.15) is 5.48 Å². The average molecular weight is 192 g/mol. The lowest BCUT2D eigenvalue weighted by molar-refractivity contribution is 0.0481. The molecule has 0 amide bonds. The Labute approximate surface area is 75.9 Å². The smallest absolute Gasteiger partial charge is 0.135 e. The highest BCUT2D eigenvalue weighted by Gasteiger charge is 2.48. The summed E-state index contributed by atoms with van der Waals surface area (Å²) in [6.07, 6.45) is 0. The van der Waals surface area contributed by atoms with Crippen molar-refractivity contribution in [3.05, 3.63) is 0 Å². The van der Waals surface area contributed by atoms with Crippen molar-refractivity contribution in [1.82, 2.24) is 10.8 Å². The molecule has 0 unspecified atom stereocenters. The number of hydrogen-bond donors (Lipinski definition) is 3. The van der Waals surface area contributed by atoms with E-state index in [1.54, 1.807) is 11.8 Å². The van der Waals surface area contributed by atoms with E-state index in [4.69, 9.17) is 17.4 Å². The van der Waals surface area contributed by atoms with Crippen LogP contribution in [0.5, 0.6) is 0 Å². The first-order valence-corrected chi connectivity index (χ1v) is 4.56. The van der Waals surface area contributed by atoms with Gasteiger partial charge in [-0.05, 0) is 20.8 Å². The predicted octanol–water partition coefficient (Wildman–Crippen LogP) is 1.08. The van der Waals surface area contributed by atoms with Crippen LogP contribution >= 0.6 is 24.0 Å². The van der Waals surface area contributed by atoms with E-state index in [0.717, 1.165) is 4.32 Å². The van der Waals surface area contributed by atoms with Crippen molar-refractivity contribution in [2.45, 2.75) is 31.2 Å². The van der Waals surface area contributed by atoms with E-state index in [0.29, 0.717) is 0 Å². The molecule has 1 aliphatic rings. The van der Waals surface area contributed by atoms with Crippen LogP contribution in [0, 0.1) is 0 Å². The minimum atomic E-state index is -0.519. The minimum absolute atomic E-state index is 0.126. The quantitative estimate of drug-likeness (QED) is 0.428. The van der Waals surface area contributed by atoms with E-state index in [1.165, 1.54) is 0 Å². The van der Waals surface area contributed by atoms with Crippen molar-refractivity contribution < 1.29 is 5.21 Å². The van der Waals surface area contributed by atoms with Crippen LogP contribution in [0.15, 0.2) is 0 Å². The zero-order chi connectivity index (χ0) is 8.70. The normalized spacial score (nSPS) is 35.5. The highest BCUT2D eigenvalue weighted by Crippen LogP contribution is 2.40. The van der Waals surface area contributed by atoms with Gasteiger partial charge in [0, 0.05) is 0 Å². The second kappa shape index (κ2) is 2.58. The van der Waals surface area contributed by atoms with Crippen LogP contribution in [0.3, 0.4) is 0 Å². The molecule has 3 nitrogen and oxygen atoms in total. The highest BCUT2D eigenvalue weighted by atomic mass is 32.2. The summed E-state index contributed by atoms with van der Waals surface area (Å²) in [6, 6.07) is 0. The van der Waals surface area contributed by atoms with Crippen molar-refractivity contribution in [1.29, 1.82) is 0 Å². The molecule has 1 fully saturated rings. The Kier molecular flexibility index (Phi) is 2.17. The van der Waals surface area contributed by atoms with Gasteiger partial charge in [-0.1, -0.05) is 24.0 Å². The Morgan fingerprint density at radius 1 is 1.55 bits per heavy atom. The Bertz CT molecular complexity index is 195. The fraction of sp³-hybridized carbons (Fsp3) is 0.833. The van der Waals surface area contributed by atoms with Crippen molar-refractivity contribution in [2.75, 3.05) is 0 Å². The second-order valence-electron chi connectivity index (χ2n) is 3.26. The van der Waals surface area contributed by atoms with Crippen LogP contribution in [0.4, 0.5) is 0 Å². The van der Waals surface area contributed by atoms with Crippen LogP contribution in [-0.4, -0.2) is 19.9 Å². The lowest BCUT2D eigenvalue weighted by atomic mass is 9.98. The topological polar surface area (TPSA) is 44.3 Å². The fourth-order valence-corrected chi connectivity index (χ4v) is 2.73. The number of rotatable bonds is 1. The molecule has 0 aromatic rings. The summed E-state index contributed by atoms with van der Waals surface area (Å²) < 4.78 is 0.595. The molecule has 64 valence electrons. The van der Waals surface area contributed by atoms with Crippen LogP contribution in [0.2, 0.25) is 0 Å². The van der Waals surface area contributed by atoms with Gasteiger partial charge >= 0.3 is 0 Å². The summed E-state index contributed by atoms with van der Waals surface area (Å²) in [5, 5.41) is 11.9. The maximum Gasteiger partial charge on any atom is 0.135 e. The monoisotopic (exact) mass is 192 g/mol. The summed E-state index contributed by atoms with van der Waals surface area (Å²) in [5.74, 6) is 0. The lowest BCUT2D eigenvalue weighted by Gasteiger charge is -2.34. The molecule has 1 aliphatic heterocycles. The number of nitrogens with one attached hydrogen (secondary N) is 2. The van der Waals surface area contributed by atoms with E-state index in [9.17, 15) is 0 Å². The maximum absolute atomic E-state index is 8.89. The Morgan fingerprint density at radius 2 is 2.09 bits per heavy atom. The van der Waals surface area contributed by atoms with Gasteiger partial charge in [-0.25, -0.2) is 0 Å². The fourth-order valence-electron chi connectivity index (χ4n) is 0.877. The van der Waals surface area contributed by atoms with Crippen LogP contribution in [0.25, 0.3) is 0 Å². The molecular formula is C6H12N2OS2. The third-order valence-electron chi connectivity index (χ3n) is 2.13. The lowest BCUT2D eigenvalue weighted by Crippen LogP contribution is -2.60. The molecular weight excluding hydrogens is 180 g/mol. The van der Waals surface area contributed by atoms with Gasteiger partial charge in [-0.15, -0.1) is 0 Å². The summed E-state index contributed by atoms with van der Waals surface area (Å²) in [4.78, 5) is 0. The highest BCUT2D eigenvalue weighted by molar-refractivity contribution is 8.24. The van der Waals surface area contributed by atoms with Crippen molar-refractivity contribution in [2.24, 2.45) is 0 Å². The molecule has 0 aliphatic carbocycles. The number of thioether (sulfide) groups is 1. The van der Waals surface area contributed by atoms with Gasteiger partial charge in [0.25, 0.3) is 0 Å². The largest absolute Gasteiger partial charge is 0.350 e. The molecule has 0 bridgehead atoms. The average Bonchev–Trinajstić information content (AvgIpc) is 2.03. The Balaban J connectivity index is 2.89. The number of thiocarbonyl (C=S) groups is 1. The second-order valence-corrected chi connectivity index (χ2v) is 5.56. The summed E-state index contributed by atoms with van der Waals surface area (Å²) in [5.41, 5.74) is 1.72. The predicted molar refractivity (Wildman–Crippen MR) is 50.7 cm³/mol. The van der Waals surface area contributed by atoms with E-state index < -0.39 is 5.66 Å². The van der Waals surface area contributed by atoms with Gasteiger partial charge in [0.15, 0.2) is 0 Å². The molecule has 3 N–H and O–H groups in total. The maximum atomic E-state index is 8.89. The van der Waals surface area contributed by atoms with Crippen molar-refractivity contribution >= 4 is 28.3 Å². The molecule has 11 heavy (non-hydrogen) atoms. The first-order valence-electron chi connectivity index (χ1n) is 3.34. The van der Waals surface area contributed by atoms with E-state index in [2.05, 4.69) is 10.8 Å². The summed E-state index contributed by atoms with van der Waals surface area (Å²) >= 11 is 6.54. The van der Waals surface area contributed by atoms with Gasteiger partial charge in [0.05, 0.1) is 4.75 Å². The molecule has 0 aromatic carbocycles. The van der Waals surface area contributed by atoms with E-state index >= 15 is 0 Å². The van der Waals surface area contributed by atoms with E-state index in [1.807, 2.05) is 20.8 Å². The molecule has 1 atom stereocenters. The standard InChI is InChI=1S/C6H12N2OS2/c1-5(2)6(3,8-9)7-4(10)11-5/h8-9H,1-3H3,(H,7,10)/t6-/m0/s1. The Morgan fingerprint density at radius 3 is 2.27 bits per heavy atom. The van der Waals surface area contributed by atoms with Gasteiger partial charge in [0.1, 0.15) is 9.98 Å². The zero-order valence-electron chi connectivity index (χ0n) is 6.76. The Hall–Kier alpha value is 0.160. The summed E-state index contributed by atoms with van der Waals surface area (Å²) in [6.45, 7) is 5.92. The third kappa shape index (κ3) is 1.38. The first kappa shape index (κ1) is 9.25. The van der Waals surface area contributed by atoms with Crippen LogP contribution in [0.1, 0.15) is 20.8 Å². The molecule has 1 heterocycles. The number of hydrogen-bond acceptors (Lipinski definition) is 4. The van der Waals surface area contributed by atoms with Crippen molar-refractivity contribution in [3.8, 4) is 0 Å². The van der Waals surface area contributed by atoms with Gasteiger partial charge < -0.3 is 10.5 Å². The number of hydroxylamine groups is 1. The zero-order valence-corrected chi connectivity index (χ0v) is 8.40. The SMILES string of the molecule is CC1(C)SC(=S)N[C@@]1(C)NO. The molecule has 1 saturated heterocycles. The molecule has 0 spiro atoms. The minimum Gasteiger partial charge on any atom is -0.350 e. The molecule has 0 saturated carbocycles. The molecule has 0 radical (unpaired) electrons. The molecule has 5 heteroatoms. The third-order valence-corrected chi connectivity index (χ3v) is 3.69.